The van der Waals surface area contributed by atoms with E-state index in [1.807, 2.05) is 13.0 Å². The lowest BCUT2D eigenvalue weighted by Gasteiger charge is -2.34. The van der Waals surface area contributed by atoms with Crippen LogP contribution in [0.5, 0.6) is 0 Å². The minimum Gasteiger partial charge on any atom is -0.466 e. The van der Waals surface area contributed by atoms with Gasteiger partial charge in [0.1, 0.15) is 0 Å². The van der Waals surface area contributed by atoms with Gasteiger partial charge >= 0.3 is 5.97 Å². The quantitative estimate of drug-likeness (QED) is 0.525. The van der Waals surface area contributed by atoms with Gasteiger partial charge in [0.15, 0.2) is 0 Å². The molecular formula is C12H21NO2. The fourth-order valence-corrected chi connectivity index (χ4v) is 1.98. The van der Waals surface area contributed by atoms with Crippen LogP contribution in [-0.4, -0.2) is 36.6 Å². The Labute approximate surface area is 92.1 Å². The minimum atomic E-state index is -0.0431. The smallest absolute Gasteiger partial charge is 0.310 e. The van der Waals surface area contributed by atoms with E-state index >= 15 is 0 Å². The summed E-state index contributed by atoms with van der Waals surface area (Å²) < 4.78 is 5.05. The van der Waals surface area contributed by atoms with Gasteiger partial charge in [-0.2, -0.15) is 0 Å². The summed E-state index contributed by atoms with van der Waals surface area (Å²) in [5, 5.41) is 0. The van der Waals surface area contributed by atoms with E-state index in [1.54, 1.807) is 0 Å². The van der Waals surface area contributed by atoms with Gasteiger partial charge in [0, 0.05) is 12.6 Å². The van der Waals surface area contributed by atoms with Gasteiger partial charge in [0.2, 0.25) is 0 Å². The van der Waals surface area contributed by atoms with E-state index in [4.69, 9.17) is 4.74 Å². The molecule has 1 saturated heterocycles. The molecule has 0 spiro atoms. The first-order valence-electron chi connectivity index (χ1n) is 5.72. The summed E-state index contributed by atoms with van der Waals surface area (Å²) >= 11 is 0. The molecule has 0 N–H and O–H groups in total. The lowest BCUT2D eigenvalue weighted by molar-refractivity contribution is -0.150. The molecule has 0 saturated carbocycles. The van der Waals surface area contributed by atoms with Crippen molar-refractivity contribution >= 4 is 5.97 Å². The Kier molecular flexibility index (Phi) is 4.82. The van der Waals surface area contributed by atoms with Gasteiger partial charge in [-0.25, -0.2) is 0 Å². The van der Waals surface area contributed by atoms with Crippen LogP contribution in [0.25, 0.3) is 0 Å². The number of carbonyl (C=O) groups is 1. The van der Waals surface area contributed by atoms with Crippen LogP contribution in [0.4, 0.5) is 0 Å². The van der Waals surface area contributed by atoms with Gasteiger partial charge in [0.25, 0.3) is 0 Å². The molecule has 0 amide bonds. The fourth-order valence-electron chi connectivity index (χ4n) is 1.98. The van der Waals surface area contributed by atoms with E-state index in [-0.39, 0.29) is 11.9 Å². The molecule has 0 aliphatic carbocycles. The highest BCUT2D eigenvalue weighted by molar-refractivity contribution is 5.72. The van der Waals surface area contributed by atoms with Gasteiger partial charge < -0.3 is 4.74 Å². The maximum Gasteiger partial charge on any atom is 0.310 e. The standard InChI is InChI=1S/C12H21NO2/c1-4-10(3)13-8-6-7-11(9-13)12(14)15-5-2/h4,10-11H,1,5-9H2,2-3H3. The number of esters is 1. The molecule has 2 atom stereocenters. The highest BCUT2D eigenvalue weighted by Gasteiger charge is 2.28. The van der Waals surface area contributed by atoms with Crippen LogP contribution in [0, 0.1) is 5.92 Å². The van der Waals surface area contributed by atoms with Crippen LogP contribution in [-0.2, 0) is 9.53 Å². The SMILES string of the molecule is C=CC(C)N1CCCC(C(=O)OCC)C1. The molecule has 0 aromatic heterocycles. The van der Waals surface area contributed by atoms with Crippen LogP contribution in [0.3, 0.4) is 0 Å². The highest BCUT2D eigenvalue weighted by Crippen LogP contribution is 2.19. The Balaban J connectivity index is 2.48. The molecule has 0 bridgehead atoms. The third kappa shape index (κ3) is 3.34. The number of rotatable bonds is 4. The topological polar surface area (TPSA) is 29.5 Å². The molecule has 1 heterocycles. The molecule has 0 radical (unpaired) electrons. The normalized spacial score (nSPS) is 24.5. The average molecular weight is 211 g/mol. The Morgan fingerprint density at radius 3 is 3.07 bits per heavy atom. The first-order chi connectivity index (χ1) is 7.19. The molecule has 2 unspecified atom stereocenters. The van der Waals surface area contributed by atoms with Crippen LogP contribution < -0.4 is 0 Å². The largest absolute Gasteiger partial charge is 0.466 e. The molecule has 1 rings (SSSR count). The Hall–Kier alpha value is -0.830. The summed E-state index contributed by atoms with van der Waals surface area (Å²) in [6.07, 6.45) is 3.95. The number of hydrogen-bond donors (Lipinski definition) is 0. The molecule has 3 nitrogen and oxygen atoms in total. The van der Waals surface area contributed by atoms with E-state index in [0.29, 0.717) is 12.6 Å². The van der Waals surface area contributed by atoms with E-state index in [2.05, 4.69) is 18.4 Å². The van der Waals surface area contributed by atoms with Crippen molar-refractivity contribution in [2.45, 2.75) is 32.7 Å². The zero-order chi connectivity index (χ0) is 11.3. The average Bonchev–Trinajstić information content (AvgIpc) is 2.28. The number of hydrogen-bond acceptors (Lipinski definition) is 3. The molecule has 1 aliphatic rings. The molecule has 1 aliphatic heterocycles. The first kappa shape index (κ1) is 12.2. The summed E-state index contributed by atoms with van der Waals surface area (Å²) in [6.45, 7) is 10.1. The third-order valence-electron chi connectivity index (χ3n) is 2.99. The van der Waals surface area contributed by atoms with Gasteiger partial charge in [-0.15, -0.1) is 6.58 Å². The van der Waals surface area contributed by atoms with Gasteiger partial charge in [0.05, 0.1) is 12.5 Å². The van der Waals surface area contributed by atoms with Gasteiger partial charge in [-0.1, -0.05) is 6.08 Å². The number of ether oxygens (including phenoxy) is 1. The first-order valence-corrected chi connectivity index (χ1v) is 5.72. The van der Waals surface area contributed by atoms with E-state index in [0.717, 1.165) is 25.9 Å². The molecule has 0 aromatic rings. The second-order valence-electron chi connectivity index (χ2n) is 4.06. The van der Waals surface area contributed by atoms with Crippen LogP contribution in [0.2, 0.25) is 0 Å². The summed E-state index contributed by atoms with van der Waals surface area (Å²) in [6, 6.07) is 0.349. The zero-order valence-corrected chi connectivity index (χ0v) is 9.74. The van der Waals surface area contributed by atoms with Gasteiger partial charge in [-0.05, 0) is 33.2 Å². The monoisotopic (exact) mass is 211 g/mol. The lowest BCUT2D eigenvalue weighted by atomic mass is 9.97. The molecule has 1 fully saturated rings. The van der Waals surface area contributed by atoms with E-state index in [9.17, 15) is 4.79 Å². The minimum absolute atomic E-state index is 0.0431. The summed E-state index contributed by atoms with van der Waals surface area (Å²) in [5.41, 5.74) is 0. The Morgan fingerprint density at radius 2 is 2.47 bits per heavy atom. The van der Waals surface area contributed by atoms with Crippen LogP contribution in [0.15, 0.2) is 12.7 Å². The van der Waals surface area contributed by atoms with Crippen molar-refractivity contribution in [2.75, 3.05) is 19.7 Å². The van der Waals surface area contributed by atoms with E-state index in [1.165, 1.54) is 0 Å². The molecule has 86 valence electrons. The lowest BCUT2D eigenvalue weighted by Crippen LogP contribution is -2.43. The Bertz CT molecular complexity index is 228. The summed E-state index contributed by atoms with van der Waals surface area (Å²) in [7, 11) is 0. The van der Waals surface area contributed by atoms with Crippen molar-refractivity contribution in [3.05, 3.63) is 12.7 Å². The van der Waals surface area contributed by atoms with Crippen molar-refractivity contribution in [1.29, 1.82) is 0 Å². The summed E-state index contributed by atoms with van der Waals surface area (Å²) in [4.78, 5) is 13.9. The maximum absolute atomic E-state index is 11.6. The van der Waals surface area contributed by atoms with E-state index < -0.39 is 0 Å². The molecule has 15 heavy (non-hydrogen) atoms. The third-order valence-corrected chi connectivity index (χ3v) is 2.99. The predicted octanol–water partition coefficient (Wildman–Crippen LogP) is 1.84. The second-order valence-corrected chi connectivity index (χ2v) is 4.06. The van der Waals surface area contributed by atoms with Crippen molar-refractivity contribution in [1.82, 2.24) is 4.90 Å². The zero-order valence-electron chi connectivity index (χ0n) is 9.74. The Morgan fingerprint density at radius 1 is 1.73 bits per heavy atom. The predicted molar refractivity (Wildman–Crippen MR) is 60.6 cm³/mol. The molecule has 0 aromatic carbocycles. The number of likely N-dealkylation sites (tertiary alicyclic amines) is 1. The second kappa shape index (κ2) is 5.91. The molecule has 3 heteroatoms. The number of piperidine rings is 1. The van der Waals surface area contributed by atoms with Crippen LogP contribution >= 0.6 is 0 Å². The van der Waals surface area contributed by atoms with Crippen LogP contribution in [0.1, 0.15) is 26.7 Å². The maximum atomic E-state index is 11.6. The summed E-state index contributed by atoms with van der Waals surface area (Å²) in [5.74, 6) is 0.0135. The van der Waals surface area contributed by atoms with Crippen molar-refractivity contribution < 1.29 is 9.53 Å². The number of nitrogens with zero attached hydrogens (tertiary/aromatic N) is 1. The number of carbonyl (C=O) groups excluding carboxylic acids is 1. The van der Waals surface area contributed by atoms with Crippen molar-refractivity contribution in [3.8, 4) is 0 Å². The molecular weight excluding hydrogens is 190 g/mol. The van der Waals surface area contributed by atoms with Crippen molar-refractivity contribution in [3.63, 3.8) is 0 Å². The highest BCUT2D eigenvalue weighted by atomic mass is 16.5. The van der Waals surface area contributed by atoms with Gasteiger partial charge in [-0.3, -0.25) is 9.69 Å². The fraction of sp³-hybridized carbons (Fsp3) is 0.750. The van der Waals surface area contributed by atoms with Crippen molar-refractivity contribution in [2.24, 2.45) is 5.92 Å².